The molecule has 0 aliphatic rings. The molecule has 3 rings (SSSR count). The molecule has 0 spiro atoms. The number of hydrogen-bond acceptors (Lipinski definition) is 8. The molecule has 156 valence electrons. The normalized spacial score (nSPS) is 10.6. The predicted octanol–water partition coefficient (Wildman–Crippen LogP) is 0.916. The van der Waals surface area contributed by atoms with E-state index in [4.69, 9.17) is 4.52 Å². The number of amides is 2. The fourth-order valence-corrected chi connectivity index (χ4v) is 2.86. The Hall–Kier alpha value is -3.36. The molecule has 0 saturated heterocycles. The van der Waals surface area contributed by atoms with E-state index in [1.54, 1.807) is 17.1 Å². The van der Waals surface area contributed by atoms with Crippen molar-refractivity contribution in [2.75, 3.05) is 13.1 Å². The quantitative estimate of drug-likeness (QED) is 0.181. The van der Waals surface area contributed by atoms with Gasteiger partial charge in [0.2, 0.25) is 5.91 Å². The third kappa shape index (κ3) is 6.07. The van der Waals surface area contributed by atoms with Crippen LogP contribution in [0, 0.1) is 13.7 Å². The van der Waals surface area contributed by atoms with Crippen molar-refractivity contribution in [1.82, 2.24) is 30.6 Å². The van der Waals surface area contributed by atoms with E-state index >= 15 is 0 Å². The maximum Gasteiger partial charge on any atom is 0.316 e. The number of rotatable bonds is 9. The largest absolute Gasteiger partial charge is 0.354 e. The van der Waals surface area contributed by atoms with Gasteiger partial charge in [-0.25, -0.2) is 0 Å². The summed E-state index contributed by atoms with van der Waals surface area (Å²) in [5.41, 5.74) is 0.609. The number of nitrogens with zero attached hydrogens (tertiary/aromatic N) is 5. The van der Waals surface area contributed by atoms with Gasteiger partial charge in [0, 0.05) is 31.4 Å². The summed E-state index contributed by atoms with van der Waals surface area (Å²) in [6.45, 7) is 0.642. The first-order valence-corrected chi connectivity index (χ1v) is 9.77. The second-order valence-corrected chi connectivity index (χ2v) is 7.32. The van der Waals surface area contributed by atoms with Gasteiger partial charge >= 0.3 is 11.8 Å². The molecule has 0 atom stereocenters. The highest BCUT2D eigenvalue weighted by atomic mass is 127. The van der Waals surface area contributed by atoms with Gasteiger partial charge < -0.3 is 15.2 Å². The monoisotopic (exact) mass is 525 g/mol. The van der Waals surface area contributed by atoms with E-state index in [1.165, 1.54) is 24.3 Å². The number of nitrogens with one attached hydrogen (secondary N) is 2. The SMILES string of the molecule is O=C(Cc1ccc([N+](=O)[O-])cc1)NCCNC(=O)c1nc(Cn2cc(I)cn2)no1. The first-order valence-electron chi connectivity index (χ1n) is 8.69. The van der Waals surface area contributed by atoms with Crippen LogP contribution in [-0.4, -0.2) is 49.7 Å². The third-order valence-corrected chi connectivity index (χ3v) is 4.37. The minimum atomic E-state index is -0.548. The second-order valence-electron chi connectivity index (χ2n) is 6.08. The highest BCUT2D eigenvalue weighted by Gasteiger charge is 2.15. The van der Waals surface area contributed by atoms with Crippen molar-refractivity contribution in [3.05, 3.63) is 67.6 Å². The van der Waals surface area contributed by atoms with E-state index in [2.05, 4.69) is 48.5 Å². The highest BCUT2D eigenvalue weighted by molar-refractivity contribution is 14.1. The molecule has 0 fully saturated rings. The summed E-state index contributed by atoms with van der Waals surface area (Å²) in [6, 6.07) is 5.73. The van der Waals surface area contributed by atoms with Crippen molar-refractivity contribution in [2.45, 2.75) is 13.0 Å². The average Bonchev–Trinajstić information content (AvgIpc) is 3.35. The average molecular weight is 525 g/mol. The number of halogens is 1. The van der Waals surface area contributed by atoms with Crippen LogP contribution in [0.5, 0.6) is 0 Å². The van der Waals surface area contributed by atoms with Crippen molar-refractivity contribution in [3.63, 3.8) is 0 Å². The lowest BCUT2D eigenvalue weighted by Crippen LogP contribution is -2.35. The molecule has 2 amide bonds. The summed E-state index contributed by atoms with van der Waals surface area (Å²) in [5, 5.41) is 23.7. The molecule has 13 heteroatoms. The summed E-state index contributed by atoms with van der Waals surface area (Å²) >= 11 is 2.13. The van der Waals surface area contributed by atoms with E-state index in [0.29, 0.717) is 11.4 Å². The maximum absolute atomic E-state index is 12.0. The summed E-state index contributed by atoms with van der Waals surface area (Å²) < 4.78 is 7.52. The molecule has 0 radical (unpaired) electrons. The topological polar surface area (TPSA) is 158 Å². The molecule has 3 aromatic rings. The molecule has 0 aliphatic heterocycles. The van der Waals surface area contributed by atoms with Gasteiger partial charge in [-0.2, -0.15) is 10.1 Å². The van der Waals surface area contributed by atoms with Crippen LogP contribution < -0.4 is 10.6 Å². The lowest BCUT2D eigenvalue weighted by molar-refractivity contribution is -0.384. The molecule has 1 aromatic carbocycles. The first-order chi connectivity index (χ1) is 14.4. The van der Waals surface area contributed by atoms with Crippen LogP contribution in [0.2, 0.25) is 0 Å². The van der Waals surface area contributed by atoms with Crippen molar-refractivity contribution in [2.24, 2.45) is 0 Å². The Kier molecular flexibility index (Phi) is 7.05. The number of benzene rings is 1. The number of aromatic nitrogens is 4. The Morgan fingerprint density at radius 3 is 2.60 bits per heavy atom. The molecular weight excluding hydrogens is 509 g/mol. The smallest absolute Gasteiger partial charge is 0.316 e. The van der Waals surface area contributed by atoms with Gasteiger partial charge in [0.15, 0.2) is 5.82 Å². The Balaban J connectivity index is 1.38. The van der Waals surface area contributed by atoms with Crippen molar-refractivity contribution >= 4 is 40.1 Å². The number of nitro groups is 1. The summed E-state index contributed by atoms with van der Waals surface area (Å²) in [6.07, 6.45) is 3.56. The third-order valence-electron chi connectivity index (χ3n) is 3.81. The van der Waals surface area contributed by atoms with Gasteiger partial charge in [0.25, 0.3) is 5.69 Å². The van der Waals surface area contributed by atoms with Crippen LogP contribution in [0.25, 0.3) is 0 Å². The Labute approximate surface area is 183 Å². The lowest BCUT2D eigenvalue weighted by atomic mass is 10.1. The second kappa shape index (κ2) is 9.91. The van der Waals surface area contributed by atoms with Crippen LogP contribution >= 0.6 is 22.6 Å². The van der Waals surface area contributed by atoms with Gasteiger partial charge in [-0.1, -0.05) is 17.3 Å². The van der Waals surface area contributed by atoms with Gasteiger partial charge in [0.05, 0.1) is 21.1 Å². The number of nitro benzene ring substituents is 1. The number of hydrogen-bond donors (Lipinski definition) is 2. The van der Waals surface area contributed by atoms with E-state index in [9.17, 15) is 19.7 Å². The fourth-order valence-electron chi connectivity index (χ4n) is 2.42. The summed E-state index contributed by atoms with van der Waals surface area (Å²) in [7, 11) is 0. The standard InChI is InChI=1S/C17H16IN7O5/c18-12-8-21-24(9-12)10-14-22-17(30-23-14)16(27)20-6-5-19-15(26)7-11-1-3-13(4-2-11)25(28)29/h1-4,8-9H,5-7,10H2,(H,19,26)(H,20,27). The summed E-state index contributed by atoms with van der Waals surface area (Å²) in [5.74, 6) is -0.680. The van der Waals surface area contributed by atoms with E-state index in [1.807, 2.05) is 0 Å². The van der Waals surface area contributed by atoms with E-state index in [-0.39, 0.29) is 43.5 Å². The maximum atomic E-state index is 12.0. The molecule has 2 N–H and O–H groups in total. The molecule has 0 bridgehead atoms. The van der Waals surface area contributed by atoms with E-state index < -0.39 is 10.8 Å². The first kappa shape index (κ1) is 21.4. The van der Waals surface area contributed by atoms with Crippen molar-refractivity contribution in [1.29, 1.82) is 0 Å². The zero-order chi connectivity index (χ0) is 21.5. The number of carbonyl (C=O) groups is 2. The zero-order valence-electron chi connectivity index (χ0n) is 15.4. The minimum absolute atomic E-state index is 0.0366. The van der Waals surface area contributed by atoms with Crippen molar-refractivity contribution in [3.8, 4) is 0 Å². The lowest BCUT2D eigenvalue weighted by Gasteiger charge is -2.06. The number of carbonyl (C=O) groups excluding carboxylic acids is 2. The van der Waals surface area contributed by atoms with Gasteiger partial charge in [-0.05, 0) is 28.2 Å². The fraction of sp³-hybridized carbons (Fsp3) is 0.235. The molecule has 30 heavy (non-hydrogen) atoms. The van der Waals surface area contributed by atoms with Crippen LogP contribution in [0.1, 0.15) is 22.1 Å². The van der Waals surface area contributed by atoms with E-state index in [0.717, 1.165) is 3.57 Å². The Bertz CT molecular complexity index is 1050. The Morgan fingerprint density at radius 1 is 1.20 bits per heavy atom. The zero-order valence-corrected chi connectivity index (χ0v) is 17.6. The molecule has 0 aliphatic carbocycles. The van der Waals surface area contributed by atoms with Gasteiger partial charge in [-0.15, -0.1) is 0 Å². The number of non-ortho nitro benzene ring substituents is 1. The molecule has 12 nitrogen and oxygen atoms in total. The molecule has 0 saturated carbocycles. The molecule has 2 aromatic heterocycles. The highest BCUT2D eigenvalue weighted by Crippen LogP contribution is 2.12. The van der Waals surface area contributed by atoms with Crippen LogP contribution in [0.15, 0.2) is 41.2 Å². The van der Waals surface area contributed by atoms with Crippen LogP contribution in [-0.2, 0) is 17.8 Å². The van der Waals surface area contributed by atoms with Crippen molar-refractivity contribution < 1.29 is 19.0 Å². The van der Waals surface area contributed by atoms with Gasteiger partial charge in [0.1, 0.15) is 6.54 Å². The summed E-state index contributed by atoms with van der Waals surface area (Å²) in [4.78, 5) is 38.1. The minimum Gasteiger partial charge on any atom is -0.354 e. The Morgan fingerprint density at radius 2 is 1.93 bits per heavy atom. The predicted molar refractivity (Wildman–Crippen MR) is 110 cm³/mol. The molecule has 0 unspecified atom stereocenters. The molecular formula is C17H16IN7O5. The van der Waals surface area contributed by atoms with Gasteiger partial charge in [-0.3, -0.25) is 24.4 Å². The van der Waals surface area contributed by atoms with Crippen LogP contribution in [0.4, 0.5) is 5.69 Å². The molecule has 2 heterocycles. The van der Waals surface area contributed by atoms with Crippen LogP contribution in [0.3, 0.4) is 0 Å².